The molecule has 2 rings (SSSR count). The van der Waals surface area contributed by atoms with Crippen LogP contribution in [-0.2, 0) is 7.05 Å². The van der Waals surface area contributed by atoms with Crippen molar-refractivity contribution < 1.29 is 19.3 Å². The second-order valence-corrected chi connectivity index (χ2v) is 4.34. The minimum atomic E-state index is -1.07. The molecule has 0 spiro atoms. The third kappa shape index (κ3) is 2.62. The number of methoxy groups -OCH3 is 3. The first-order valence-electron chi connectivity index (χ1n) is 6.23. The van der Waals surface area contributed by atoms with Crippen molar-refractivity contribution in [1.29, 1.82) is 0 Å². The van der Waals surface area contributed by atoms with E-state index in [4.69, 9.17) is 14.2 Å². The number of aliphatic hydroxyl groups is 1. The van der Waals surface area contributed by atoms with Crippen LogP contribution in [0.3, 0.4) is 0 Å². The third-order valence-corrected chi connectivity index (χ3v) is 3.09. The van der Waals surface area contributed by atoms with E-state index < -0.39 is 6.10 Å². The highest BCUT2D eigenvalue weighted by Crippen LogP contribution is 2.34. The molecular formula is C13H18N4O4. The Morgan fingerprint density at radius 3 is 2.48 bits per heavy atom. The van der Waals surface area contributed by atoms with E-state index in [1.807, 2.05) is 0 Å². The predicted molar refractivity (Wildman–Crippen MR) is 73.7 cm³/mol. The van der Waals surface area contributed by atoms with Crippen LogP contribution >= 0.6 is 0 Å². The van der Waals surface area contributed by atoms with Crippen LogP contribution in [-0.4, -0.2) is 46.2 Å². The van der Waals surface area contributed by atoms with Gasteiger partial charge >= 0.3 is 0 Å². The first kappa shape index (κ1) is 15.0. The van der Waals surface area contributed by atoms with Crippen molar-refractivity contribution in [3.05, 3.63) is 23.1 Å². The van der Waals surface area contributed by atoms with Gasteiger partial charge in [-0.25, -0.2) is 9.67 Å². The fourth-order valence-electron chi connectivity index (χ4n) is 2.15. The molecule has 0 bridgehead atoms. The summed E-state index contributed by atoms with van der Waals surface area (Å²) in [6, 6.07) is 0. The monoisotopic (exact) mass is 294 g/mol. The van der Waals surface area contributed by atoms with Crippen molar-refractivity contribution in [1.82, 2.24) is 19.7 Å². The number of aryl methyl sites for hydroxylation is 2. The molecule has 1 atom stereocenters. The molecule has 1 unspecified atom stereocenters. The van der Waals surface area contributed by atoms with Gasteiger partial charge in [-0.1, -0.05) is 0 Å². The van der Waals surface area contributed by atoms with Crippen molar-refractivity contribution in [3.63, 3.8) is 0 Å². The Labute approximate surface area is 122 Å². The Hall–Kier alpha value is -2.35. The van der Waals surface area contributed by atoms with Crippen LogP contribution in [0.2, 0.25) is 0 Å². The number of ether oxygens (including phenoxy) is 3. The first-order chi connectivity index (χ1) is 10.0. The summed E-state index contributed by atoms with van der Waals surface area (Å²) in [5, 5.41) is 14.9. The zero-order chi connectivity index (χ0) is 15.6. The van der Waals surface area contributed by atoms with E-state index in [0.29, 0.717) is 23.0 Å². The van der Waals surface area contributed by atoms with Crippen molar-refractivity contribution in [2.75, 3.05) is 21.3 Å². The lowest BCUT2D eigenvalue weighted by molar-refractivity contribution is 0.200. The summed E-state index contributed by atoms with van der Waals surface area (Å²) in [5.41, 5.74) is 1.44. The highest BCUT2D eigenvalue weighted by molar-refractivity contribution is 5.40. The van der Waals surface area contributed by atoms with Gasteiger partial charge in [-0.05, 0) is 6.92 Å². The van der Waals surface area contributed by atoms with Crippen LogP contribution in [0.1, 0.15) is 23.1 Å². The molecule has 8 heteroatoms. The summed E-state index contributed by atoms with van der Waals surface area (Å²) in [5.74, 6) is 0.949. The standard InChI is InChI=1S/C13H18N4O4/c1-7-9(13(21-5)17(2)16-7)11(18)10-12(20-4)15-8(19-3)6-14-10/h6,11,18H,1-5H3. The van der Waals surface area contributed by atoms with E-state index in [2.05, 4.69) is 15.1 Å². The Balaban J connectivity index is 2.52. The van der Waals surface area contributed by atoms with E-state index in [0.717, 1.165) is 0 Å². The molecule has 1 N–H and O–H groups in total. The maximum absolute atomic E-state index is 10.6. The Bertz CT molecular complexity index is 641. The lowest BCUT2D eigenvalue weighted by Crippen LogP contribution is -2.09. The maximum atomic E-state index is 10.6. The highest BCUT2D eigenvalue weighted by atomic mass is 16.5. The summed E-state index contributed by atoms with van der Waals surface area (Å²) >= 11 is 0. The van der Waals surface area contributed by atoms with Gasteiger partial charge in [-0.15, -0.1) is 0 Å². The van der Waals surface area contributed by atoms with Crippen LogP contribution in [0.4, 0.5) is 0 Å². The highest BCUT2D eigenvalue weighted by Gasteiger charge is 2.27. The molecule has 0 saturated carbocycles. The van der Waals surface area contributed by atoms with Gasteiger partial charge in [0.1, 0.15) is 11.8 Å². The Kier molecular flexibility index (Phi) is 4.27. The number of aliphatic hydroxyl groups excluding tert-OH is 1. The fraction of sp³-hybridized carbons (Fsp3) is 0.462. The molecule has 8 nitrogen and oxygen atoms in total. The van der Waals surface area contributed by atoms with Gasteiger partial charge in [-0.3, -0.25) is 0 Å². The number of rotatable bonds is 5. The molecule has 2 aromatic rings. The fourth-order valence-corrected chi connectivity index (χ4v) is 2.15. The minimum Gasteiger partial charge on any atom is -0.481 e. The molecule has 0 fully saturated rings. The normalized spacial score (nSPS) is 12.1. The molecule has 0 aliphatic heterocycles. The zero-order valence-corrected chi connectivity index (χ0v) is 12.6. The third-order valence-electron chi connectivity index (χ3n) is 3.09. The SMILES string of the molecule is COc1cnc(C(O)c2c(C)nn(C)c2OC)c(OC)n1. The van der Waals surface area contributed by atoms with Crippen molar-refractivity contribution in [3.8, 4) is 17.6 Å². The van der Waals surface area contributed by atoms with Gasteiger partial charge in [0.05, 0.1) is 38.8 Å². The molecule has 2 heterocycles. The molecule has 0 amide bonds. The smallest absolute Gasteiger partial charge is 0.241 e. The van der Waals surface area contributed by atoms with E-state index >= 15 is 0 Å². The Morgan fingerprint density at radius 2 is 1.90 bits per heavy atom. The van der Waals surface area contributed by atoms with Crippen LogP contribution in [0, 0.1) is 6.92 Å². The molecule has 0 aromatic carbocycles. The minimum absolute atomic E-state index is 0.187. The van der Waals surface area contributed by atoms with Gasteiger partial charge < -0.3 is 19.3 Å². The average Bonchev–Trinajstić information content (AvgIpc) is 2.79. The van der Waals surface area contributed by atoms with Crippen LogP contribution in [0.15, 0.2) is 6.20 Å². The number of nitrogens with zero attached hydrogens (tertiary/aromatic N) is 4. The maximum Gasteiger partial charge on any atom is 0.241 e. The summed E-state index contributed by atoms with van der Waals surface area (Å²) < 4.78 is 17.0. The second kappa shape index (κ2) is 5.96. The Morgan fingerprint density at radius 1 is 1.19 bits per heavy atom. The average molecular weight is 294 g/mol. The topological polar surface area (TPSA) is 91.5 Å². The number of hydrogen-bond acceptors (Lipinski definition) is 7. The summed E-state index contributed by atoms with van der Waals surface area (Å²) in [4.78, 5) is 8.28. The van der Waals surface area contributed by atoms with Gasteiger partial charge in [0.2, 0.25) is 17.6 Å². The summed E-state index contributed by atoms with van der Waals surface area (Å²) in [7, 11) is 6.18. The first-order valence-corrected chi connectivity index (χ1v) is 6.23. The van der Waals surface area contributed by atoms with Crippen molar-refractivity contribution in [2.24, 2.45) is 7.05 Å². The lowest BCUT2D eigenvalue weighted by Gasteiger charge is -2.14. The van der Waals surface area contributed by atoms with E-state index in [-0.39, 0.29) is 11.6 Å². The summed E-state index contributed by atoms with van der Waals surface area (Å²) in [6.45, 7) is 1.78. The predicted octanol–water partition coefficient (Wildman–Crippen LogP) is 0.626. The number of aromatic nitrogens is 4. The van der Waals surface area contributed by atoms with Gasteiger partial charge in [0.25, 0.3) is 0 Å². The van der Waals surface area contributed by atoms with E-state index in [1.165, 1.54) is 27.5 Å². The van der Waals surface area contributed by atoms with Crippen LogP contribution < -0.4 is 14.2 Å². The molecule has 2 aromatic heterocycles. The van der Waals surface area contributed by atoms with Crippen molar-refractivity contribution in [2.45, 2.75) is 13.0 Å². The molecule has 0 aliphatic rings. The van der Waals surface area contributed by atoms with Crippen LogP contribution in [0.25, 0.3) is 0 Å². The van der Waals surface area contributed by atoms with Gasteiger partial charge in [0.15, 0.2) is 0 Å². The van der Waals surface area contributed by atoms with Crippen LogP contribution in [0.5, 0.6) is 17.6 Å². The molecule has 21 heavy (non-hydrogen) atoms. The lowest BCUT2D eigenvalue weighted by atomic mass is 10.1. The second-order valence-electron chi connectivity index (χ2n) is 4.34. The molecule has 114 valence electrons. The molecule has 0 saturated heterocycles. The molecular weight excluding hydrogens is 276 g/mol. The summed E-state index contributed by atoms with van der Waals surface area (Å²) in [6.07, 6.45) is 0.348. The quantitative estimate of drug-likeness (QED) is 0.864. The molecule has 0 radical (unpaired) electrons. The van der Waals surface area contributed by atoms with E-state index in [1.54, 1.807) is 18.7 Å². The largest absolute Gasteiger partial charge is 0.481 e. The van der Waals surface area contributed by atoms with Crippen molar-refractivity contribution >= 4 is 0 Å². The molecule has 0 aliphatic carbocycles. The van der Waals surface area contributed by atoms with Gasteiger partial charge in [-0.2, -0.15) is 10.1 Å². The van der Waals surface area contributed by atoms with E-state index in [9.17, 15) is 5.11 Å². The zero-order valence-electron chi connectivity index (χ0n) is 12.6. The van der Waals surface area contributed by atoms with Gasteiger partial charge in [0, 0.05) is 7.05 Å². The number of hydrogen-bond donors (Lipinski definition) is 1.